The number of hydrogen-bond acceptors (Lipinski definition) is 2. The van der Waals surface area contributed by atoms with E-state index in [1.165, 1.54) is 12.1 Å². The Bertz CT molecular complexity index is 662. The van der Waals surface area contributed by atoms with Gasteiger partial charge in [-0.1, -0.05) is 23.7 Å². The maximum absolute atomic E-state index is 13.6. The number of halogens is 2. The van der Waals surface area contributed by atoms with Crippen LogP contribution >= 0.6 is 11.6 Å². The summed E-state index contributed by atoms with van der Waals surface area (Å²) in [6.45, 7) is 1.63. The fourth-order valence-corrected chi connectivity index (χ4v) is 1.91. The molecule has 0 saturated heterocycles. The number of aliphatic hydroxyl groups is 1. The highest BCUT2D eigenvalue weighted by molar-refractivity contribution is 6.30. The Morgan fingerprint density at radius 1 is 1.24 bits per heavy atom. The maximum Gasteiger partial charge on any atom is 0.323 e. The van der Waals surface area contributed by atoms with Crippen LogP contribution in [0.2, 0.25) is 5.02 Å². The van der Waals surface area contributed by atoms with Gasteiger partial charge in [0.05, 0.1) is 11.8 Å². The predicted octanol–water partition coefficient (Wildman–Crippen LogP) is 4.18. The molecule has 0 aliphatic carbocycles. The van der Waals surface area contributed by atoms with Crippen molar-refractivity contribution in [2.75, 3.05) is 10.6 Å². The fraction of sp³-hybridized carbons (Fsp3) is 0.133. The maximum atomic E-state index is 13.6. The summed E-state index contributed by atoms with van der Waals surface area (Å²) in [5.74, 6) is -0.615. The van der Waals surface area contributed by atoms with Crippen LogP contribution in [0.1, 0.15) is 18.6 Å². The first-order valence-corrected chi connectivity index (χ1v) is 6.64. The second kappa shape index (κ2) is 6.56. The van der Waals surface area contributed by atoms with Crippen LogP contribution in [-0.2, 0) is 0 Å². The van der Waals surface area contributed by atoms with Crippen molar-refractivity contribution in [1.29, 1.82) is 0 Å². The van der Waals surface area contributed by atoms with Crippen LogP contribution in [-0.4, -0.2) is 11.1 Å². The fourth-order valence-electron chi connectivity index (χ4n) is 1.75. The molecule has 2 aromatic carbocycles. The van der Waals surface area contributed by atoms with Crippen LogP contribution in [0.15, 0.2) is 42.5 Å². The Morgan fingerprint density at radius 3 is 2.67 bits per heavy atom. The van der Waals surface area contributed by atoms with Crippen LogP contribution in [0.5, 0.6) is 0 Å². The van der Waals surface area contributed by atoms with Crippen molar-refractivity contribution in [1.82, 2.24) is 0 Å². The van der Waals surface area contributed by atoms with E-state index < -0.39 is 18.0 Å². The molecule has 2 amide bonds. The van der Waals surface area contributed by atoms with Gasteiger partial charge in [-0.3, -0.25) is 0 Å². The third-order valence-corrected chi connectivity index (χ3v) is 3.04. The normalized spacial score (nSPS) is 11.8. The number of aliphatic hydroxyl groups excluding tert-OH is 1. The van der Waals surface area contributed by atoms with E-state index in [2.05, 4.69) is 10.6 Å². The lowest BCUT2D eigenvalue weighted by Gasteiger charge is -2.10. The van der Waals surface area contributed by atoms with Crippen LogP contribution < -0.4 is 10.6 Å². The standard InChI is InChI=1S/C15H14ClFN2O2/c1-9(20)10-3-2-4-12(7-10)18-15(21)19-14-6-5-11(16)8-13(14)17/h2-9,20H,1H3,(H2,18,19,21). The Balaban J connectivity index is 2.06. The summed E-state index contributed by atoms with van der Waals surface area (Å²) < 4.78 is 13.6. The molecule has 110 valence electrons. The molecule has 0 aromatic heterocycles. The molecule has 2 aromatic rings. The van der Waals surface area contributed by atoms with Crippen molar-refractivity contribution in [3.05, 3.63) is 58.9 Å². The van der Waals surface area contributed by atoms with E-state index in [9.17, 15) is 14.3 Å². The van der Waals surface area contributed by atoms with Crippen LogP contribution in [0, 0.1) is 5.82 Å². The smallest absolute Gasteiger partial charge is 0.323 e. The monoisotopic (exact) mass is 308 g/mol. The van der Waals surface area contributed by atoms with E-state index in [-0.39, 0.29) is 10.7 Å². The van der Waals surface area contributed by atoms with Crippen LogP contribution in [0.4, 0.5) is 20.6 Å². The first-order valence-electron chi connectivity index (χ1n) is 6.27. The molecule has 4 nitrogen and oxygen atoms in total. The molecule has 0 aliphatic heterocycles. The molecule has 0 fully saturated rings. The highest BCUT2D eigenvalue weighted by atomic mass is 35.5. The predicted molar refractivity (Wildman–Crippen MR) is 81.1 cm³/mol. The minimum Gasteiger partial charge on any atom is -0.389 e. The van der Waals surface area contributed by atoms with E-state index in [1.807, 2.05) is 0 Å². The van der Waals surface area contributed by atoms with Crippen molar-refractivity contribution in [3.8, 4) is 0 Å². The van der Waals surface area contributed by atoms with Gasteiger partial charge in [0.2, 0.25) is 0 Å². The van der Waals surface area contributed by atoms with Gasteiger partial charge in [0, 0.05) is 10.7 Å². The van der Waals surface area contributed by atoms with Gasteiger partial charge >= 0.3 is 6.03 Å². The molecule has 1 atom stereocenters. The SMILES string of the molecule is CC(O)c1cccc(NC(=O)Nc2ccc(Cl)cc2F)c1. The van der Waals surface area contributed by atoms with Crippen molar-refractivity contribution >= 4 is 29.0 Å². The molecule has 3 N–H and O–H groups in total. The number of urea groups is 1. The molecule has 1 unspecified atom stereocenters. The highest BCUT2D eigenvalue weighted by Gasteiger charge is 2.08. The molecule has 21 heavy (non-hydrogen) atoms. The summed E-state index contributed by atoms with van der Waals surface area (Å²) in [4.78, 5) is 11.8. The zero-order valence-corrected chi connectivity index (χ0v) is 12.0. The van der Waals surface area contributed by atoms with Gasteiger partial charge in [0.1, 0.15) is 5.82 Å². The van der Waals surface area contributed by atoms with Gasteiger partial charge in [-0.05, 0) is 42.8 Å². The second-order valence-electron chi connectivity index (χ2n) is 4.50. The third-order valence-electron chi connectivity index (χ3n) is 2.81. The zero-order valence-electron chi connectivity index (χ0n) is 11.2. The van der Waals surface area contributed by atoms with E-state index in [0.29, 0.717) is 11.3 Å². The lowest BCUT2D eigenvalue weighted by Crippen LogP contribution is -2.20. The molecule has 0 spiro atoms. The number of benzene rings is 2. The topological polar surface area (TPSA) is 61.4 Å². The number of hydrogen-bond donors (Lipinski definition) is 3. The average molecular weight is 309 g/mol. The van der Waals surface area contributed by atoms with Gasteiger partial charge in [-0.25, -0.2) is 9.18 Å². The van der Waals surface area contributed by atoms with Gasteiger partial charge < -0.3 is 15.7 Å². The molecular formula is C15H14ClFN2O2. The quantitative estimate of drug-likeness (QED) is 0.796. The van der Waals surface area contributed by atoms with E-state index >= 15 is 0 Å². The number of carbonyl (C=O) groups is 1. The molecule has 0 aliphatic rings. The molecule has 0 saturated carbocycles. The molecular weight excluding hydrogens is 295 g/mol. The lowest BCUT2D eigenvalue weighted by molar-refractivity contribution is 0.199. The van der Waals surface area contributed by atoms with Crippen molar-refractivity contribution < 1.29 is 14.3 Å². The summed E-state index contributed by atoms with van der Waals surface area (Å²) in [7, 11) is 0. The average Bonchev–Trinajstić information content (AvgIpc) is 2.42. The summed E-state index contributed by atoms with van der Waals surface area (Å²) in [6, 6.07) is 10.2. The molecule has 2 rings (SSSR count). The van der Waals surface area contributed by atoms with Crippen molar-refractivity contribution in [2.24, 2.45) is 0 Å². The molecule has 0 radical (unpaired) electrons. The number of amides is 2. The molecule has 0 heterocycles. The van der Waals surface area contributed by atoms with Crippen molar-refractivity contribution in [3.63, 3.8) is 0 Å². The lowest BCUT2D eigenvalue weighted by atomic mass is 10.1. The van der Waals surface area contributed by atoms with E-state index in [1.54, 1.807) is 31.2 Å². The summed E-state index contributed by atoms with van der Waals surface area (Å²) in [6.07, 6.45) is -0.636. The minimum atomic E-state index is -0.636. The van der Waals surface area contributed by atoms with Gasteiger partial charge in [0.25, 0.3) is 0 Å². The number of nitrogens with one attached hydrogen (secondary N) is 2. The Morgan fingerprint density at radius 2 is 2.00 bits per heavy atom. The molecule has 0 bridgehead atoms. The number of carbonyl (C=O) groups excluding carboxylic acids is 1. The van der Waals surface area contributed by atoms with Gasteiger partial charge in [0.15, 0.2) is 0 Å². The Labute approximate surface area is 126 Å². The minimum absolute atomic E-state index is 0.0311. The first kappa shape index (κ1) is 15.3. The van der Waals surface area contributed by atoms with Crippen molar-refractivity contribution in [2.45, 2.75) is 13.0 Å². The van der Waals surface area contributed by atoms with E-state index in [4.69, 9.17) is 11.6 Å². The first-order chi connectivity index (χ1) is 9.95. The molecule has 6 heteroatoms. The van der Waals surface area contributed by atoms with Crippen LogP contribution in [0.25, 0.3) is 0 Å². The number of rotatable bonds is 3. The Kier molecular flexibility index (Phi) is 4.77. The number of anilines is 2. The highest BCUT2D eigenvalue weighted by Crippen LogP contribution is 2.20. The van der Waals surface area contributed by atoms with E-state index in [0.717, 1.165) is 6.07 Å². The Hall–Kier alpha value is -2.11. The van der Waals surface area contributed by atoms with Gasteiger partial charge in [-0.2, -0.15) is 0 Å². The second-order valence-corrected chi connectivity index (χ2v) is 4.94. The van der Waals surface area contributed by atoms with Gasteiger partial charge in [-0.15, -0.1) is 0 Å². The largest absolute Gasteiger partial charge is 0.389 e. The third kappa shape index (κ3) is 4.18. The summed E-state index contributed by atoms with van der Waals surface area (Å²) in [5.41, 5.74) is 1.20. The summed E-state index contributed by atoms with van der Waals surface area (Å²) >= 11 is 5.64. The summed E-state index contributed by atoms with van der Waals surface area (Å²) in [5, 5.41) is 14.7. The van der Waals surface area contributed by atoms with Crippen LogP contribution in [0.3, 0.4) is 0 Å². The zero-order chi connectivity index (χ0) is 15.4.